The first-order valence-corrected chi connectivity index (χ1v) is 5.42. The average Bonchev–Trinajstić information content (AvgIpc) is 2.70. The molecule has 1 fully saturated rings. The molecule has 2 aliphatic carbocycles. The minimum atomic E-state index is -0.466. The predicted molar refractivity (Wildman–Crippen MR) is 55.4 cm³/mol. The second-order valence-electron chi connectivity index (χ2n) is 4.00. The van der Waals surface area contributed by atoms with Crippen LogP contribution in [0, 0.1) is 5.92 Å². The molecule has 0 saturated heterocycles. The van der Waals surface area contributed by atoms with Crippen LogP contribution in [0.5, 0.6) is 0 Å². The number of rotatable bonds is 0. The lowest BCUT2D eigenvalue weighted by atomic mass is 9.92. The SMILES string of the molecule is ClC1(Cl)C2CCc3ccccc3C21. The quantitative estimate of drug-likeness (QED) is 0.578. The summed E-state index contributed by atoms with van der Waals surface area (Å²) < 4.78 is -0.466. The van der Waals surface area contributed by atoms with Gasteiger partial charge in [0.25, 0.3) is 0 Å². The number of fused-ring (bicyclic) bond motifs is 3. The molecule has 2 atom stereocenters. The van der Waals surface area contributed by atoms with Crippen LogP contribution in [0.15, 0.2) is 24.3 Å². The number of alkyl halides is 2. The fourth-order valence-corrected chi connectivity index (χ4v) is 3.43. The minimum absolute atomic E-state index is 0.404. The Morgan fingerprint density at radius 2 is 2.00 bits per heavy atom. The summed E-state index contributed by atoms with van der Waals surface area (Å²) in [6.45, 7) is 0. The van der Waals surface area contributed by atoms with E-state index in [-0.39, 0.29) is 0 Å². The second-order valence-corrected chi connectivity index (χ2v) is 5.44. The normalized spacial score (nSPS) is 33.4. The van der Waals surface area contributed by atoms with Crippen LogP contribution in [0.4, 0.5) is 0 Å². The zero-order valence-corrected chi connectivity index (χ0v) is 8.65. The van der Waals surface area contributed by atoms with Crippen molar-refractivity contribution in [3.05, 3.63) is 35.4 Å². The van der Waals surface area contributed by atoms with Crippen LogP contribution >= 0.6 is 23.2 Å². The molecule has 0 nitrogen and oxygen atoms in total. The minimum Gasteiger partial charge on any atom is -0.101 e. The van der Waals surface area contributed by atoms with Crippen molar-refractivity contribution in [1.82, 2.24) is 0 Å². The van der Waals surface area contributed by atoms with Gasteiger partial charge in [-0.1, -0.05) is 24.3 Å². The zero-order chi connectivity index (χ0) is 9.05. The maximum Gasteiger partial charge on any atom is 0.129 e. The first-order chi connectivity index (χ1) is 6.21. The Balaban J connectivity index is 2.10. The standard InChI is InChI=1S/C11H10Cl2/c12-11(13)9-6-5-7-3-1-2-4-8(7)10(9)11/h1-4,9-10H,5-6H2. The molecule has 0 spiro atoms. The third-order valence-electron chi connectivity index (χ3n) is 3.32. The molecule has 0 aromatic heterocycles. The summed E-state index contributed by atoms with van der Waals surface area (Å²) >= 11 is 12.4. The molecular formula is C11H10Cl2. The van der Waals surface area contributed by atoms with Crippen molar-refractivity contribution in [2.75, 3.05) is 0 Å². The number of benzene rings is 1. The van der Waals surface area contributed by atoms with Crippen molar-refractivity contribution >= 4 is 23.2 Å². The first kappa shape index (κ1) is 8.14. The lowest BCUT2D eigenvalue weighted by Gasteiger charge is -2.12. The molecule has 0 amide bonds. The Hall–Kier alpha value is -0.200. The van der Waals surface area contributed by atoms with E-state index < -0.39 is 4.33 Å². The van der Waals surface area contributed by atoms with Gasteiger partial charge in [0, 0.05) is 11.8 Å². The van der Waals surface area contributed by atoms with E-state index >= 15 is 0 Å². The summed E-state index contributed by atoms with van der Waals surface area (Å²) in [7, 11) is 0. The molecule has 0 radical (unpaired) electrons. The smallest absolute Gasteiger partial charge is 0.101 e. The van der Waals surface area contributed by atoms with Crippen LogP contribution < -0.4 is 0 Å². The summed E-state index contributed by atoms with van der Waals surface area (Å²) in [6, 6.07) is 8.52. The predicted octanol–water partition coefficient (Wildman–Crippen LogP) is 3.52. The van der Waals surface area contributed by atoms with Crippen LogP contribution in [0.1, 0.15) is 23.5 Å². The number of hydrogen-bond donors (Lipinski definition) is 0. The highest BCUT2D eigenvalue weighted by Gasteiger charge is 2.64. The van der Waals surface area contributed by atoms with Gasteiger partial charge >= 0.3 is 0 Å². The fraction of sp³-hybridized carbons (Fsp3) is 0.455. The van der Waals surface area contributed by atoms with Crippen LogP contribution in [0.25, 0.3) is 0 Å². The third-order valence-corrected chi connectivity index (χ3v) is 4.35. The van der Waals surface area contributed by atoms with Crippen molar-refractivity contribution < 1.29 is 0 Å². The Labute approximate surface area is 87.9 Å². The Morgan fingerprint density at radius 3 is 2.85 bits per heavy atom. The van der Waals surface area contributed by atoms with E-state index in [1.165, 1.54) is 11.1 Å². The molecule has 68 valence electrons. The summed E-state index contributed by atoms with van der Waals surface area (Å²) in [6.07, 6.45) is 2.28. The van der Waals surface area contributed by atoms with E-state index in [0.717, 1.165) is 12.8 Å². The van der Waals surface area contributed by atoms with E-state index in [9.17, 15) is 0 Å². The molecular weight excluding hydrogens is 203 g/mol. The largest absolute Gasteiger partial charge is 0.129 e. The van der Waals surface area contributed by atoms with Gasteiger partial charge in [0.05, 0.1) is 0 Å². The van der Waals surface area contributed by atoms with Gasteiger partial charge < -0.3 is 0 Å². The molecule has 0 heterocycles. The van der Waals surface area contributed by atoms with Crippen LogP contribution in [-0.4, -0.2) is 4.33 Å². The van der Waals surface area contributed by atoms with Gasteiger partial charge in [0.1, 0.15) is 4.33 Å². The van der Waals surface area contributed by atoms with Gasteiger partial charge in [-0.05, 0) is 24.0 Å². The van der Waals surface area contributed by atoms with Gasteiger partial charge in [0.15, 0.2) is 0 Å². The average molecular weight is 213 g/mol. The molecule has 0 aliphatic heterocycles. The zero-order valence-electron chi connectivity index (χ0n) is 7.13. The Morgan fingerprint density at radius 1 is 1.23 bits per heavy atom. The maximum atomic E-state index is 6.21. The molecule has 1 aromatic rings. The van der Waals surface area contributed by atoms with Crippen molar-refractivity contribution in [3.63, 3.8) is 0 Å². The summed E-state index contributed by atoms with van der Waals surface area (Å²) in [5.74, 6) is 0.909. The van der Waals surface area contributed by atoms with Gasteiger partial charge in [-0.3, -0.25) is 0 Å². The molecule has 1 saturated carbocycles. The molecule has 2 unspecified atom stereocenters. The Kier molecular flexibility index (Phi) is 1.52. The Bertz CT molecular complexity index is 357. The molecule has 0 bridgehead atoms. The highest BCUT2D eigenvalue weighted by molar-refractivity contribution is 6.52. The number of halogens is 2. The van der Waals surface area contributed by atoms with E-state index in [1.807, 2.05) is 0 Å². The van der Waals surface area contributed by atoms with Gasteiger partial charge in [0.2, 0.25) is 0 Å². The molecule has 2 aliphatic rings. The van der Waals surface area contributed by atoms with E-state index in [4.69, 9.17) is 23.2 Å². The van der Waals surface area contributed by atoms with Crippen molar-refractivity contribution in [2.24, 2.45) is 5.92 Å². The lowest BCUT2D eigenvalue weighted by Crippen LogP contribution is -2.00. The van der Waals surface area contributed by atoms with Gasteiger partial charge in [-0.25, -0.2) is 0 Å². The van der Waals surface area contributed by atoms with Crippen molar-refractivity contribution in [3.8, 4) is 0 Å². The first-order valence-electron chi connectivity index (χ1n) is 4.67. The summed E-state index contributed by atoms with van der Waals surface area (Å²) in [4.78, 5) is 0. The summed E-state index contributed by atoms with van der Waals surface area (Å²) in [5.41, 5.74) is 2.82. The van der Waals surface area contributed by atoms with E-state index in [0.29, 0.717) is 11.8 Å². The van der Waals surface area contributed by atoms with Crippen molar-refractivity contribution in [2.45, 2.75) is 23.1 Å². The third kappa shape index (κ3) is 0.992. The fourth-order valence-electron chi connectivity index (χ4n) is 2.55. The van der Waals surface area contributed by atoms with Crippen molar-refractivity contribution in [1.29, 1.82) is 0 Å². The van der Waals surface area contributed by atoms with Crippen LogP contribution in [-0.2, 0) is 6.42 Å². The van der Waals surface area contributed by atoms with Gasteiger partial charge in [-0.15, -0.1) is 23.2 Å². The number of aryl methyl sites for hydroxylation is 1. The molecule has 2 heteroatoms. The van der Waals surface area contributed by atoms with Crippen LogP contribution in [0.2, 0.25) is 0 Å². The number of hydrogen-bond acceptors (Lipinski definition) is 0. The topological polar surface area (TPSA) is 0 Å². The highest BCUT2D eigenvalue weighted by atomic mass is 35.5. The molecule has 3 rings (SSSR count). The van der Waals surface area contributed by atoms with E-state index in [1.54, 1.807) is 0 Å². The highest BCUT2D eigenvalue weighted by Crippen LogP contribution is 2.68. The molecule has 1 aromatic carbocycles. The lowest BCUT2D eigenvalue weighted by molar-refractivity contribution is 0.664. The maximum absolute atomic E-state index is 6.21. The summed E-state index contributed by atoms with van der Waals surface area (Å²) in [5, 5.41) is 0. The van der Waals surface area contributed by atoms with Crippen LogP contribution in [0.3, 0.4) is 0 Å². The van der Waals surface area contributed by atoms with E-state index in [2.05, 4.69) is 24.3 Å². The molecule has 13 heavy (non-hydrogen) atoms. The molecule has 0 N–H and O–H groups in total. The second kappa shape index (κ2) is 2.43. The monoisotopic (exact) mass is 212 g/mol. The van der Waals surface area contributed by atoms with Gasteiger partial charge in [-0.2, -0.15) is 0 Å².